The number of fused-ring (bicyclic) bond motifs is 1. The predicted octanol–water partition coefficient (Wildman–Crippen LogP) is 3.86. The topological polar surface area (TPSA) is 47.6 Å². The maximum Gasteiger partial charge on any atom is 0.258 e. The molecule has 0 aliphatic heterocycles. The van der Waals surface area contributed by atoms with Crippen LogP contribution in [0.4, 0.5) is 4.39 Å². The number of hydrogen-bond acceptors (Lipinski definition) is 3. The fourth-order valence-corrected chi connectivity index (χ4v) is 2.71. The molecule has 0 heterocycles. The van der Waals surface area contributed by atoms with Crippen molar-refractivity contribution in [2.45, 2.75) is 6.10 Å². The number of carbonyl (C=O) groups excluding carboxylic acids is 1. The lowest BCUT2D eigenvalue weighted by Gasteiger charge is -2.17. The SMILES string of the molecule is COC(CNC(=O)COc1ccc2ccccc2c1)c1cccc(F)c1. The van der Waals surface area contributed by atoms with Gasteiger partial charge in [-0.1, -0.05) is 42.5 Å². The van der Waals surface area contributed by atoms with Crippen molar-refractivity contribution in [1.82, 2.24) is 5.32 Å². The van der Waals surface area contributed by atoms with Gasteiger partial charge in [0, 0.05) is 13.7 Å². The van der Waals surface area contributed by atoms with E-state index in [1.54, 1.807) is 12.1 Å². The van der Waals surface area contributed by atoms with Gasteiger partial charge in [-0.05, 0) is 40.6 Å². The number of rotatable bonds is 7. The van der Waals surface area contributed by atoms with Crippen LogP contribution in [0.15, 0.2) is 66.7 Å². The monoisotopic (exact) mass is 353 g/mol. The van der Waals surface area contributed by atoms with Gasteiger partial charge in [-0.2, -0.15) is 0 Å². The highest BCUT2D eigenvalue weighted by atomic mass is 19.1. The Kier molecular flexibility index (Phi) is 5.81. The molecule has 4 nitrogen and oxygen atoms in total. The molecule has 5 heteroatoms. The third kappa shape index (κ3) is 4.58. The van der Waals surface area contributed by atoms with E-state index in [2.05, 4.69) is 5.32 Å². The highest BCUT2D eigenvalue weighted by molar-refractivity contribution is 5.84. The molecule has 1 atom stereocenters. The van der Waals surface area contributed by atoms with Crippen LogP contribution in [0.3, 0.4) is 0 Å². The van der Waals surface area contributed by atoms with Crippen LogP contribution in [0.2, 0.25) is 0 Å². The highest BCUT2D eigenvalue weighted by Crippen LogP contribution is 2.20. The number of halogens is 1. The summed E-state index contributed by atoms with van der Waals surface area (Å²) in [4.78, 5) is 12.0. The second-order valence-electron chi connectivity index (χ2n) is 5.88. The molecule has 1 unspecified atom stereocenters. The lowest BCUT2D eigenvalue weighted by atomic mass is 10.1. The number of benzene rings is 3. The summed E-state index contributed by atoms with van der Waals surface area (Å²) in [5.41, 5.74) is 0.670. The quantitative estimate of drug-likeness (QED) is 0.702. The van der Waals surface area contributed by atoms with E-state index in [4.69, 9.17) is 9.47 Å². The zero-order valence-electron chi connectivity index (χ0n) is 14.4. The minimum atomic E-state index is -0.421. The summed E-state index contributed by atoms with van der Waals surface area (Å²) in [6, 6.07) is 19.8. The van der Waals surface area contributed by atoms with Gasteiger partial charge in [0.15, 0.2) is 6.61 Å². The number of carbonyl (C=O) groups is 1. The third-order valence-electron chi connectivity index (χ3n) is 4.08. The molecule has 0 saturated heterocycles. The predicted molar refractivity (Wildman–Crippen MR) is 98.6 cm³/mol. The highest BCUT2D eigenvalue weighted by Gasteiger charge is 2.13. The Morgan fingerprint density at radius 3 is 2.62 bits per heavy atom. The molecule has 0 radical (unpaired) electrons. The van der Waals surface area contributed by atoms with Crippen LogP contribution < -0.4 is 10.1 Å². The minimum Gasteiger partial charge on any atom is -0.484 e. The lowest BCUT2D eigenvalue weighted by molar-refractivity contribution is -0.123. The van der Waals surface area contributed by atoms with Crippen LogP contribution in [0.1, 0.15) is 11.7 Å². The lowest BCUT2D eigenvalue weighted by Crippen LogP contribution is -2.33. The molecule has 1 N–H and O–H groups in total. The molecule has 0 bridgehead atoms. The van der Waals surface area contributed by atoms with Crippen LogP contribution in [-0.2, 0) is 9.53 Å². The molecule has 0 aromatic heterocycles. The summed E-state index contributed by atoms with van der Waals surface area (Å²) < 4.78 is 24.2. The van der Waals surface area contributed by atoms with Gasteiger partial charge in [0.2, 0.25) is 0 Å². The van der Waals surface area contributed by atoms with Gasteiger partial charge >= 0.3 is 0 Å². The average Bonchev–Trinajstić information content (AvgIpc) is 2.67. The molecule has 0 fully saturated rings. The van der Waals surface area contributed by atoms with Gasteiger partial charge in [0.25, 0.3) is 5.91 Å². The first kappa shape index (κ1) is 17.9. The van der Waals surface area contributed by atoms with E-state index in [9.17, 15) is 9.18 Å². The Bertz CT molecular complexity index is 897. The molecule has 0 saturated carbocycles. The molecule has 3 rings (SSSR count). The summed E-state index contributed by atoms with van der Waals surface area (Å²) >= 11 is 0. The van der Waals surface area contributed by atoms with Crippen LogP contribution >= 0.6 is 0 Å². The Hall–Kier alpha value is -2.92. The summed E-state index contributed by atoms with van der Waals surface area (Å²) in [5, 5.41) is 4.91. The van der Waals surface area contributed by atoms with Gasteiger partial charge in [-0.15, -0.1) is 0 Å². The number of methoxy groups -OCH3 is 1. The molecular formula is C21H20FNO3. The van der Waals surface area contributed by atoms with Crippen LogP contribution in [0.25, 0.3) is 10.8 Å². The number of amides is 1. The molecule has 0 spiro atoms. The van der Waals surface area contributed by atoms with Crippen LogP contribution in [-0.4, -0.2) is 26.2 Å². The Morgan fingerprint density at radius 2 is 1.85 bits per heavy atom. The van der Waals surface area contributed by atoms with E-state index < -0.39 is 6.10 Å². The van der Waals surface area contributed by atoms with Crippen molar-refractivity contribution in [2.75, 3.05) is 20.3 Å². The second kappa shape index (κ2) is 8.45. The van der Waals surface area contributed by atoms with Crippen molar-refractivity contribution < 1.29 is 18.7 Å². The Labute approximate surface area is 151 Å². The maximum absolute atomic E-state index is 13.3. The fraction of sp³-hybridized carbons (Fsp3) is 0.190. The van der Waals surface area contributed by atoms with Crippen LogP contribution in [0, 0.1) is 5.82 Å². The first-order valence-electron chi connectivity index (χ1n) is 8.32. The summed E-state index contributed by atoms with van der Waals surface area (Å²) in [7, 11) is 1.52. The summed E-state index contributed by atoms with van der Waals surface area (Å²) in [6.07, 6.45) is -0.421. The Morgan fingerprint density at radius 1 is 1.04 bits per heavy atom. The van der Waals surface area contributed by atoms with Crippen LogP contribution in [0.5, 0.6) is 5.75 Å². The first-order chi connectivity index (χ1) is 12.7. The average molecular weight is 353 g/mol. The normalized spacial score (nSPS) is 11.9. The molecule has 26 heavy (non-hydrogen) atoms. The molecule has 3 aromatic carbocycles. The molecule has 134 valence electrons. The van der Waals surface area contributed by atoms with E-state index in [0.29, 0.717) is 11.3 Å². The maximum atomic E-state index is 13.3. The smallest absolute Gasteiger partial charge is 0.258 e. The van der Waals surface area contributed by atoms with E-state index in [0.717, 1.165) is 10.8 Å². The van der Waals surface area contributed by atoms with E-state index in [-0.39, 0.29) is 24.9 Å². The fourth-order valence-electron chi connectivity index (χ4n) is 2.71. The number of hydrogen-bond donors (Lipinski definition) is 1. The van der Waals surface area contributed by atoms with Gasteiger partial charge < -0.3 is 14.8 Å². The molecule has 0 aliphatic rings. The minimum absolute atomic E-state index is 0.0993. The summed E-state index contributed by atoms with van der Waals surface area (Å²) in [5.74, 6) is 0.0272. The van der Waals surface area contributed by atoms with E-state index in [1.165, 1.54) is 19.2 Å². The number of nitrogens with one attached hydrogen (secondary N) is 1. The first-order valence-corrected chi connectivity index (χ1v) is 8.32. The Balaban J connectivity index is 1.53. The van der Waals surface area contributed by atoms with Crippen molar-refractivity contribution in [3.8, 4) is 5.75 Å². The largest absolute Gasteiger partial charge is 0.484 e. The van der Waals surface area contributed by atoms with Gasteiger partial charge in [0.05, 0.1) is 6.10 Å². The zero-order chi connectivity index (χ0) is 18.4. The van der Waals surface area contributed by atoms with Gasteiger partial charge in [-0.25, -0.2) is 4.39 Å². The molecule has 3 aromatic rings. The van der Waals surface area contributed by atoms with Crippen molar-refractivity contribution in [2.24, 2.45) is 0 Å². The van der Waals surface area contributed by atoms with E-state index in [1.807, 2.05) is 42.5 Å². The van der Waals surface area contributed by atoms with Gasteiger partial charge in [-0.3, -0.25) is 4.79 Å². The molecular weight excluding hydrogens is 333 g/mol. The van der Waals surface area contributed by atoms with Crippen molar-refractivity contribution in [3.05, 3.63) is 78.1 Å². The molecule has 1 amide bonds. The van der Waals surface area contributed by atoms with Gasteiger partial charge in [0.1, 0.15) is 11.6 Å². The standard InChI is InChI=1S/C21H20FNO3/c1-25-20(17-7-4-8-18(22)11-17)13-23-21(24)14-26-19-10-9-15-5-2-3-6-16(15)12-19/h2-12,20H,13-14H2,1H3,(H,23,24). The van der Waals surface area contributed by atoms with E-state index >= 15 is 0 Å². The third-order valence-corrected chi connectivity index (χ3v) is 4.08. The van der Waals surface area contributed by atoms with Crippen molar-refractivity contribution in [1.29, 1.82) is 0 Å². The molecule has 0 aliphatic carbocycles. The van der Waals surface area contributed by atoms with Crippen molar-refractivity contribution in [3.63, 3.8) is 0 Å². The van der Waals surface area contributed by atoms with Crippen molar-refractivity contribution >= 4 is 16.7 Å². The zero-order valence-corrected chi connectivity index (χ0v) is 14.4. The number of ether oxygens (including phenoxy) is 2. The second-order valence-corrected chi connectivity index (χ2v) is 5.88. The summed E-state index contributed by atoms with van der Waals surface area (Å²) in [6.45, 7) is 0.137.